The minimum absolute atomic E-state index is 0.0795. The van der Waals surface area contributed by atoms with Gasteiger partial charge in [0, 0.05) is 16.5 Å². The van der Waals surface area contributed by atoms with E-state index in [9.17, 15) is 4.79 Å². The molecule has 0 radical (unpaired) electrons. The van der Waals surface area contributed by atoms with Crippen molar-refractivity contribution in [2.24, 2.45) is 0 Å². The van der Waals surface area contributed by atoms with Crippen LogP contribution in [0.5, 0.6) is 0 Å². The van der Waals surface area contributed by atoms with Crippen LogP contribution >= 0.6 is 11.3 Å². The smallest absolute Gasteiger partial charge is 0.225 e. The number of nitrogens with one attached hydrogen (secondary N) is 1. The SMILES string of the molecule is O=C(Cc1cccs1)NCc1cc(C2CC2)n(C2CCCC2)n1. The van der Waals surface area contributed by atoms with Crippen LogP contribution in [-0.2, 0) is 17.8 Å². The Balaban J connectivity index is 1.40. The first-order valence-corrected chi connectivity index (χ1v) is 9.55. The molecule has 23 heavy (non-hydrogen) atoms. The van der Waals surface area contributed by atoms with E-state index in [-0.39, 0.29) is 5.91 Å². The van der Waals surface area contributed by atoms with E-state index >= 15 is 0 Å². The van der Waals surface area contributed by atoms with Crippen molar-refractivity contribution in [1.29, 1.82) is 0 Å². The maximum atomic E-state index is 12.0. The molecule has 1 N–H and O–H groups in total. The number of carbonyl (C=O) groups is 1. The van der Waals surface area contributed by atoms with Crippen molar-refractivity contribution in [3.63, 3.8) is 0 Å². The van der Waals surface area contributed by atoms with Crippen LogP contribution in [0, 0.1) is 0 Å². The van der Waals surface area contributed by atoms with Crippen LogP contribution in [0.15, 0.2) is 23.6 Å². The fraction of sp³-hybridized carbons (Fsp3) is 0.556. The van der Waals surface area contributed by atoms with Gasteiger partial charge in [-0.15, -0.1) is 11.3 Å². The molecule has 2 saturated carbocycles. The zero-order valence-corrected chi connectivity index (χ0v) is 14.1. The van der Waals surface area contributed by atoms with Gasteiger partial charge in [-0.25, -0.2) is 0 Å². The molecule has 0 saturated heterocycles. The van der Waals surface area contributed by atoms with Gasteiger partial charge in [0.1, 0.15) is 0 Å². The van der Waals surface area contributed by atoms with E-state index in [1.807, 2.05) is 17.5 Å². The third kappa shape index (κ3) is 3.50. The first-order chi connectivity index (χ1) is 11.3. The van der Waals surface area contributed by atoms with E-state index in [1.165, 1.54) is 44.2 Å². The lowest BCUT2D eigenvalue weighted by molar-refractivity contribution is -0.120. The van der Waals surface area contributed by atoms with Crippen LogP contribution in [0.25, 0.3) is 0 Å². The Kier molecular flexibility index (Phi) is 4.21. The van der Waals surface area contributed by atoms with Crippen LogP contribution in [0.4, 0.5) is 0 Å². The number of hydrogen-bond acceptors (Lipinski definition) is 3. The van der Waals surface area contributed by atoms with Gasteiger partial charge in [0.05, 0.1) is 24.7 Å². The molecule has 4 nitrogen and oxygen atoms in total. The summed E-state index contributed by atoms with van der Waals surface area (Å²) < 4.78 is 2.28. The van der Waals surface area contributed by atoms with Crippen molar-refractivity contribution >= 4 is 17.2 Å². The summed E-state index contributed by atoms with van der Waals surface area (Å²) in [6, 6.07) is 6.80. The molecule has 0 spiro atoms. The van der Waals surface area contributed by atoms with E-state index in [0.717, 1.165) is 10.6 Å². The summed E-state index contributed by atoms with van der Waals surface area (Å²) >= 11 is 1.63. The maximum Gasteiger partial charge on any atom is 0.225 e. The van der Waals surface area contributed by atoms with Gasteiger partial charge in [0.15, 0.2) is 0 Å². The zero-order valence-electron chi connectivity index (χ0n) is 13.3. The third-order valence-corrected chi connectivity index (χ3v) is 5.74. The highest BCUT2D eigenvalue weighted by atomic mass is 32.1. The first-order valence-electron chi connectivity index (χ1n) is 8.67. The Hall–Kier alpha value is -1.62. The molecule has 2 aliphatic rings. The summed E-state index contributed by atoms with van der Waals surface area (Å²) in [7, 11) is 0. The monoisotopic (exact) mass is 329 g/mol. The molecule has 2 fully saturated rings. The van der Waals surface area contributed by atoms with Gasteiger partial charge < -0.3 is 5.32 Å². The van der Waals surface area contributed by atoms with Crippen molar-refractivity contribution in [1.82, 2.24) is 15.1 Å². The number of rotatable bonds is 6. The summed E-state index contributed by atoms with van der Waals surface area (Å²) in [5.74, 6) is 0.787. The Labute approximate surface area is 140 Å². The highest BCUT2D eigenvalue weighted by Crippen LogP contribution is 2.43. The fourth-order valence-corrected chi connectivity index (χ4v) is 4.20. The normalized spacial score (nSPS) is 18.4. The molecule has 5 heteroatoms. The second-order valence-electron chi connectivity index (χ2n) is 6.75. The minimum atomic E-state index is 0.0795. The number of nitrogens with zero attached hydrogens (tertiary/aromatic N) is 2. The standard InChI is InChI=1S/C18H23N3OS/c22-18(11-16-6-3-9-23-16)19-12-14-10-17(13-7-8-13)21(20-14)15-4-1-2-5-15/h3,6,9-10,13,15H,1-2,4-5,7-8,11-12H2,(H,19,22). The van der Waals surface area contributed by atoms with E-state index in [1.54, 1.807) is 11.3 Å². The largest absolute Gasteiger partial charge is 0.350 e. The van der Waals surface area contributed by atoms with Crippen LogP contribution in [-0.4, -0.2) is 15.7 Å². The van der Waals surface area contributed by atoms with Crippen LogP contribution in [0.2, 0.25) is 0 Å². The van der Waals surface area contributed by atoms with Crippen molar-refractivity contribution in [3.05, 3.63) is 39.8 Å². The van der Waals surface area contributed by atoms with Gasteiger partial charge >= 0.3 is 0 Å². The lowest BCUT2D eigenvalue weighted by Crippen LogP contribution is -2.24. The quantitative estimate of drug-likeness (QED) is 0.876. The van der Waals surface area contributed by atoms with E-state index in [0.29, 0.717) is 24.9 Å². The zero-order chi connectivity index (χ0) is 15.6. The molecule has 2 aromatic rings. The van der Waals surface area contributed by atoms with Gasteiger partial charge in [0.25, 0.3) is 0 Å². The molecule has 122 valence electrons. The predicted molar refractivity (Wildman–Crippen MR) is 91.6 cm³/mol. The number of hydrogen-bond donors (Lipinski definition) is 1. The molecule has 0 unspecified atom stereocenters. The Morgan fingerprint density at radius 2 is 2.13 bits per heavy atom. The molecule has 2 aliphatic carbocycles. The average molecular weight is 329 g/mol. The second kappa shape index (κ2) is 6.48. The minimum Gasteiger partial charge on any atom is -0.350 e. The molecule has 0 bridgehead atoms. The fourth-order valence-electron chi connectivity index (χ4n) is 3.50. The van der Waals surface area contributed by atoms with Gasteiger partial charge in [-0.1, -0.05) is 18.9 Å². The average Bonchev–Trinajstić information content (AvgIpc) is 3.01. The van der Waals surface area contributed by atoms with Crippen LogP contribution < -0.4 is 5.32 Å². The van der Waals surface area contributed by atoms with Crippen molar-refractivity contribution < 1.29 is 4.79 Å². The topological polar surface area (TPSA) is 46.9 Å². The molecule has 1 amide bonds. The molecular weight excluding hydrogens is 306 g/mol. The molecule has 0 atom stereocenters. The lowest BCUT2D eigenvalue weighted by atomic mass is 10.2. The second-order valence-corrected chi connectivity index (χ2v) is 7.78. The van der Waals surface area contributed by atoms with Gasteiger partial charge in [0.2, 0.25) is 5.91 Å². The number of carbonyl (C=O) groups excluding carboxylic acids is 1. The Bertz CT molecular complexity index is 667. The van der Waals surface area contributed by atoms with Gasteiger partial charge in [-0.2, -0.15) is 5.10 Å². The summed E-state index contributed by atoms with van der Waals surface area (Å²) in [5, 5.41) is 9.85. The molecule has 0 aliphatic heterocycles. The molecule has 2 heterocycles. The van der Waals surface area contributed by atoms with Crippen molar-refractivity contribution in [2.75, 3.05) is 0 Å². The molecule has 0 aromatic carbocycles. The van der Waals surface area contributed by atoms with Gasteiger partial charge in [-0.3, -0.25) is 9.48 Å². The number of thiophene rings is 1. The predicted octanol–water partition coefficient (Wildman–Crippen LogP) is 3.80. The summed E-state index contributed by atoms with van der Waals surface area (Å²) in [5.41, 5.74) is 2.41. The van der Waals surface area contributed by atoms with Crippen molar-refractivity contribution in [2.45, 2.75) is 63.5 Å². The van der Waals surface area contributed by atoms with E-state index in [2.05, 4.69) is 16.1 Å². The highest BCUT2D eigenvalue weighted by molar-refractivity contribution is 7.10. The lowest BCUT2D eigenvalue weighted by Gasteiger charge is -2.13. The van der Waals surface area contributed by atoms with Crippen molar-refractivity contribution in [3.8, 4) is 0 Å². The summed E-state index contributed by atoms with van der Waals surface area (Å²) in [4.78, 5) is 13.1. The third-order valence-electron chi connectivity index (χ3n) is 4.86. The molecule has 2 aromatic heterocycles. The highest BCUT2D eigenvalue weighted by Gasteiger charge is 2.31. The van der Waals surface area contributed by atoms with Gasteiger partial charge in [-0.05, 0) is 43.2 Å². The van der Waals surface area contributed by atoms with E-state index < -0.39 is 0 Å². The number of amides is 1. The molecular formula is C18H23N3OS. The summed E-state index contributed by atoms with van der Waals surface area (Å²) in [6.45, 7) is 0.545. The number of aromatic nitrogens is 2. The van der Waals surface area contributed by atoms with Crippen LogP contribution in [0.3, 0.4) is 0 Å². The Morgan fingerprint density at radius 1 is 1.30 bits per heavy atom. The molecule has 4 rings (SSSR count). The summed E-state index contributed by atoms with van der Waals surface area (Å²) in [6.07, 6.45) is 8.21. The van der Waals surface area contributed by atoms with E-state index in [4.69, 9.17) is 5.10 Å². The maximum absolute atomic E-state index is 12.0. The first kappa shape index (κ1) is 14.9. The Morgan fingerprint density at radius 3 is 2.83 bits per heavy atom. The van der Waals surface area contributed by atoms with Crippen LogP contribution in [0.1, 0.15) is 66.7 Å².